The average Bonchev–Trinajstić information content (AvgIpc) is 4.02. The van der Waals surface area contributed by atoms with E-state index in [-0.39, 0.29) is 0 Å². The molecule has 13 aromatic carbocycles. The van der Waals surface area contributed by atoms with Gasteiger partial charge >= 0.3 is 0 Å². The van der Waals surface area contributed by atoms with Crippen LogP contribution in [0.5, 0.6) is 0 Å². The van der Waals surface area contributed by atoms with E-state index in [9.17, 15) is 0 Å². The maximum Gasteiger partial charge on any atom is 0.145 e. The van der Waals surface area contributed by atoms with Crippen LogP contribution in [0.25, 0.3) is 137 Å². The third kappa shape index (κ3) is 4.81. The molecule has 2 heteroatoms. The Hall–Kier alpha value is -8.33. The molecule has 63 heavy (non-hydrogen) atoms. The Labute approximate surface area is 363 Å². The molecule has 0 atom stereocenters. The van der Waals surface area contributed by atoms with Gasteiger partial charge in [0.25, 0.3) is 0 Å². The van der Waals surface area contributed by atoms with Gasteiger partial charge in [0.2, 0.25) is 0 Å². The summed E-state index contributed by atoms with van der Waals surface area (Å²) in [6.45, 7) is 0. The summed E-state index contributed by atoms with van der Waals surface area (Å²) >= 11 is 0. The van der Waals surface area contributed by atoms with Crippen molar-refractivity contribution >= 4 is 86.4 Å². The highest BCUT2D eigenvalue weighted by molar-refractivity contribution is 6.45. The fraction of sp³-hybridized carbons (Fsp3) is 0. The molecule has 0 radical (unpaired) electrons. The zero-order chi connectivity index (χ0) is 41.2. The molecule has 290 valence electrons. The summed E-state index contributed by atoms with van der Waals surface area (Å²) in [5.41, 5.74) is 11.7. The summed E-state index contributed by atoms with van der Waals surface area (Å²) in [6, 6.07) is 80.3. The number of imidazole rings is 1. The van der Waals surface area contributed by atoms with Crippen LogP contribution in [0.1, 0.15) is 0 Å². The van der Waals surface area contributed by atoms with Gasteiger partial charge in [-0.1, -0.05) is 182 Å². The molecule has 0 unspecified atom stereocenters. The fourth-order valence-electron chi connectivity index (χ4n) is 11.1. The number of fused-ring (bicyclic) bond motifs is 9. The van der Waals surface area contributed by atoms with E-state index in [4.69, 9.17) is 4.98 Å². The van der Waals surface area contributed by atoms with Crippen LogP contribution in [0.2, 0.25) is 0 Å². The van der Waals surface area contributed by atoms with Crippen LogP contribution in [0.15, 0.2) is 218 Å². The van der Waals surface area contributed by atoms with E-state index in [0.717, 1.165) is 28.1 Å². The van der Waals surface area contributed by atoms with Gasteiger partial charge in [-0.25, -0.2) is 4.98 Å². The molecule has 0 saturated heterocycles. The zero-order valence-corrected chi connectivity index (χ0v) is 34.2. The van der Waals surface area contributed by atoms with Gasteiger partial charge in [-0.3, -0.25) is 4.57 Å². The molecule has 0 aliphatic rings. The molecular formula is C61H36N2. The number of rotatable bonds is 5. The van der Waals surface area contributed by atoms with Gasteiger partial charge in [0.1, 0.15) is 5.82 Å². The molecule has 0 aliphatic carbocycles. The summed E-state index contributed by atoms with van der Waals surface area (Å²) in [4.78, 5) is 5.24. The molecule has 0 spiro atoms. The molecule has 0 N–H and O–H groups in total. The second-order valence-corrected chi connectivity index (χ2v) is 16.9. The van der Waals surface area contributed by atoms with Crippen molar-refractivity contribution in [2.75, 3.05) is 0 Å². The Kier molecular flexibility index (Phi) is 7.14. The van der Waals surface area contributed by atoms with Crippen molar-refractivity contribution in [2.45, 2.75) is 0 Å². The second kappa shape index (κ2) is 13.1. The van der Waals surface area contributed by atoms with Crippen molar-refractivity contribution in [1.29, 1.82) is 0 Å². The maximum atomic E-state index is 5.24. The van der Waals surface area contributed by atoms with Crippen molar-refractivity contribution in [3.8, 4) is 50.5 Å². The molecule has 14 aromatic rings. The van der Waals surface area contributed by atoms with Gasteiger partial charge in [0.15, 0.2) is 0 Å². The SMILES string of the molecule is c1ccc(-c2c3cc4c5ccccc5c5cccc(c3c(-c3ccccc3)c3c6cccc7c(-c8cccc(-c9nc%10ccccc%10n9-c9ccccc9)c8)ccc(c23)c76)c54)cc1. The van der Waals surface area contributed by atoms with E-state index in [1.807, 2.05) is 0 Å². The van der Waals surface area contributed by atoms with Gasteiger partial charge < -0.3 is 0 Å². The monoisotopic (exact) mass is 796 g/mol. The highest BCUT2D eigenvalue weighted by Crippen LogP contribution is 2.55. The minimum Gasteiger partial charge on any atom is -0.292 e. The lowest BCUT2D eigenvalue weighted by Crippen LogP contribution is -1.97. The van der Waals surface area contributed by atoms with Crippen LogP contribution in [0.3, 0.4) is 0 Å². The number of para-hydroxylation sites is 3. The number of hydrogen-bond acceptors (Lipinski definition) is 1. The normalized spacial score (nSPS) is 12.1. The minimum absolute atomic E-state index is 0.930. The highest BCUT2D eigenvalue weighted by atomic mass is 15.1. The fourth-order valence-corrected chi connectivity index (χ4v) is 11.1. The molecule has 1 heterocycles. The molecule has 14 rings (SSSR count). The largest absolute Gasteiger partial charge is 0.292 e. The van der Waals surface area contributed by atoms with Crippen molar-refractivity contribution in [3.63, 3.8) is 0 Å². The van der Waals surface area contributed by atoms with Crippen molar-refractivity contribution in [2.24, 2.45) is 0 Å². The van der Waals surface area contributed by atoms with Crippen LogP contribution in [0.4, 0.5) is 0 Å². The van der Waals surface area contributed by atoms with E-state index in [2.05, 4.69) is 223 Å². The van der Waals surface area contributed by atoms with Gasteiger partial charge in [-0.05, 0) is 145 Å². The molecule has 0 bridgehead atoms. The van der Waals surface area contributed by atoms with Gasteiger partial charge in [0, 0.05) is 11.3 Å². The van der Waals surface area contributed by atoms with E-state index >= 15 is 0 Å². The smallest absolute Gasteiger partial charge is 0.145 e. The molecule has 1 aromatic heterocycles. The Morgan fingerprint density at radius 2 is 0.810 bits per heavy atom. The summed E-state index contributed by atoms with van der Waals surface area (Å²) in [7, 11) is 0. The standard InChI is InChI=1S/C61H36N2/c1-4-17-37(18-5-1)54-51-36-50-44-26-11-10-25-43(44)46-28-16-29-47(57(46)50)58(51)55(38-19-6-2-7-20-38)60-48-30-15-27-45-42(33-34-49(56(45)48)59(54)60)39-21-14-22-40(35-39)61-62-52-31-12-13-32-53(52)63(61)41-23-8-3-9-24-41/h1-36H. The predicted molar refractivity (Wildman–Crippen MR) is 268 cm³/mol. The third-order valence-corrected chi connectivity index (χ3v) is 13.6. The number of benzene rings is 11. The van der Waals surface area contributed by atoms with Crippen LogP contribution in [-0.2, 0) is 0 Å². The van der Waals surface area contributed by atoms with Gasteiger partial charge in [0.05, 0.1) is 11.0 Å². The van der Waals surface area contributed by atoms with E-state index in [1.165, 1.54) is 109 Å². The lowest BCUT2D eigenvalue weighted by Gasteiger charge is -2.19. The van der Waals surface area contributed by atoms with Crippen LogP contribution >= 0.6 is 0 Å². The van der Waals surface area contributed by atoms with Crippen LogP contribution in [-0.4, -0.2) is 9.55 Å². The molecule has 0 amide bonds. The molecule has 0 aliphatic heterocycles. The Morgan fingerprint density at radius 1 is 0.286 bits per heavy atom. The second-order valence-electron chi connectivity index (χ2n) is 16.9. The molecule has 0 saturated carbocycles. The first kappa shape index (κ1) is 34.4. The number of nitrogens with zero attached hydrogens (tertiary/aromatic N) is 2. The first-order valence-corrected chi connectivity index (χ1v) is 21.8. The minimum atomic E-state index is 0.930. The number of aromatic nitrogens is 2. The lowest BCUT2D eigenvalue weighted by molar-refractivity contribution is 1.10. The molecular weight excluding hydrogens is 761 g/mol. The highest BCUT2D eigenvalue weighted by Gasteiger charge is 2.27. The summed E-state index contributed by atoms with van der Waals surface area (Å²) in [5.74, 6) is 0.930. The number of hydrogen-bond donors (Lipinski definition) is 0. The first-order valence-electron chi connectivity index (χ1n) is 21.8. The first-order chi connectivity index (χ1) is 31.3. The maximum absolute atomic E-state index is 5.24. The third-order valence-electron chi connectivity index (χ3n) is 13.6. The quantitative estimate of drug-likeness (QED) is 0.159. The Balaban J connectivity index is 1.11. The zero-order valence-electron chi connectivity index (χ0n) is 34.2. The lowest BCUT2D eigenvalue weighted by atomic mass is 9.84. The summed E-state index contributed by atoms with van der Waals surface area (Å²) in [6.07, 6.45) is 0. The van der Waals surface area contributed by atoms with Gasteiger partial charge in [-0.15, -0.1) is 0 Å². The van der Waals surface area contributed by atoms with Crippen molar-refractivity contribution in [1.82, 2.24) is 9.55 Å². The summed E-state index contributed by atoms with van der Waals surface area (Å²) < 4.78 is 2.29. The van der Waals surface area contributed by atoms with E-state index < -0.39 is 0 Å². The Morgan fingerprint density at radius 3 is 1.59 bits per heavy atom. The molecule has 2 nitrogen and oxygen atoms in total. The Bertz CT molecular complexity index is 4110. The van der Waals surface area contributed by atoms with Gasteiger partial charge in [-0.2, -0.15) is 0 Å². The van der Waals surface area contributed by atoms with Crippen LogP contribution in [0, 0.1) is 0 Å². The van der Waals surface area contributed by atoms with Crippen molar-refractivity contribution in [3.05, 3.63) is 218 Å². The van der Waals surface area contributed by atoms with Crippen molar-refractivity contribution < 1.29 is 0 Å². The van der Waals surface area contributed by atoms with E-state index in [0.29, 0.717) is 0 Å². The summed E-state index contributed by atoms with van der Waals surface area (Å²) in [5, 5.41) is 18.2. The predicted octanol–water partition coefficient (Wildman–Crippen LogP) is 16.6. The van der Waals surface area contributed by atoms with E-state index in [1.54, 1.807) is 0 Å². The van der Waals surface area contributed by atoms with Crippen LogP contribution < -0.4 is 0 Å². The molecule has 0 fully saturated rings. The topological polar surface area (TPSA) is 17.8 Å². The average molecular weight is 797 g/mol.